The number of carbonyl (C=O) groups is 4. The van der Waals surface area contributed by atoms with Gasteiger partial charge in [-0.2, -0.15) is 0 Å². The Bertz CT molecular complexity index is 748. The van der Waals surface area contributed by atoms with Crippen molar-refractivity contribution < 1.29 is 23.9 Å². The van der Waals surface area contributed by atoms with Crippen LogP contribution >= 0.6 is 0 Å². The van der Waals surface area contributed by atoms with E-state index in [1.54, 1.807) is 12.2 Å². The SMILES string of the molecule is CC/C=C\C/C=C\C/C=C\C/C=C\C/C=C\C/C=C\CC(=O)OC(=O)C(=O)CCC(C)=O. The van der Waals surface area contributed by atoms with Crippen LogP contribution in [0.1, 0.15) is 71.6 Å². The second-order valence-electron chi connectivity index (χ2n) is 7.01. The van der Waals surface area contributed by atoms with E-state index >= 15 is 0 Å². The molecule has 0 aromatic carbocycles. The Morgan fingerprint density at radius 3 is 1.41 bits per heavy atom. The third kappa shape index (κ3) is 20.2. The summed E-state index contributed by atoms with van der Waals surface area (Å²) in [5.74, 6) is -3.06. The molecule has 0 saturated heterocycles. The molecule has 0 rings (SSSR count). The average Bonchev–Trinajstić information content (AvgIpc) is 2.76. The second-order valence-corrected chi connectivity index (χ2v) is 7.01. The van der Waals surface area contributed by atoms with E-state index in [4.69, 9.17) is 0 Å². The third-order valence-corrected chi connectivity index (χ3v) is 4.02. The zero-order valence-corrected chi connectivity index (χ0v) is 19.3. The number of hydrogen-bond donors (Lipinski definition) is 0. The first kappa shape index (κ1) is 28.9. The fourth-order valence-electron chi connectivity index (χ4n) is 2.29. The minimum Gasteiger partial charge on any atom is -0.387 e. The summed E-state index contributed by atoms with van der Waals surface area (Å²) in [4.78, 5) is 45.1. The first-order chi connectivity index (χ1) is 15.5. The Balaban J connectivity index is 3.81. The first-order valence-corrected chi connectivity index (χ1v) is 11.1. The maximum atomic E-state index is 11.5. The summed E-state index contributed by atoms with van der Waals surface area (Å²) in [6.45, 7) is 3.46. The second kappa shape index (κ2) is 21.2. The molecule has 0 bridgehead atoms. The summed E-state index contributed by atoms with van der Waals surface area (Å²) < 4.78 is 4.45. The molecule has 0 N–H and O–H groups in total. The van der Waals surface area contributed by atoms with Gasteiger partial charge in [0.05, 0.1) is 6.42 Å². The number of ether oxygens (including phenoxy) is 1. The quantitative estimate of drug-likeness (QED) is 0.118. The summed E-state index contributed by atoms with van der Waals surface area (Å²) in [6, 6.07) is 0. The van der Waals surface area contributed by atoms with E-state index in [1.807, 2.05) is 12.2 Å². The van der Waals surface area contributed by atoms with Crippen LogP contribution in [-0.4, -0.2) is 23.5 Å². The first-order valence-electron chi connectivity index (χ1n) is 11.1. The highest BCUT2D eigenvalue weighted by atomic mass is 16.6. The molecule has 32 heavy (non-hydrogen) atoms. The van der Waals surface area contributed by atoms with Gasteiger partial charge in [-0.1, -0.05) is 79.8 Å². The Hall–Kier alpha value is -3.08. The third-order valence-electron chi connectivity index (χ3n) is 4.02. The summed E-state index contributed by atoms with van der Waals surface area (Å²) in [6.07, 6.45) is 29.7. The van der Waals surface area contributed by atoms with Crippen molar-refractivity contribution in [2.45, 2.75) is 71.6 Å². The Kier molecular flexibility index (Phi) is 19.1. The van der Waals surface area contributed by atoms with Gasteiger partial charge in [-0.05, 0) is 45.4 Å². The standard InChI is InChI=1S/C27H36O5/c1-3-4-5-6-7-8-9-10-11-12-13-14-15-16-17-18-19-20-21-26(30)32-27(31)25(29)23-22-24(2)28/h4-5,7-8,10-11,13-14,16-17,19-20H,3,6,9,12,15,18,21-23H2,1-2H3/b5-4-,8-7-,11-10-,14-13-,17-16-,20-19-. The molecule has 0 aliphatic heterocycles. The van der Waals surface area contributed by atoms with E-state index in [-0.39, 0.29) is 25.0 Å². The monoisotopic (exact) mass is 440 g/mol. The van der Waals surface area contributed by atoms with E-state index in [9.17, 15) is 19.2 Å². The zero-order chi connectivity index (χ0) is 23.9. The summed E-state index contributed by atoms with van der Waals surface area (Å²) in [5, 5.41) is 0. The molecule has 0 heterocycles. The summed E-state index contributed by atoms with van der Waals surface area (Å²) in [5.41, 5.74) is 0. The van der Waals surface area contributed by atoms with Gasteiger partial charge in [0.1, 0.15) is 5.78 Å². The van der Waals surface area contributed by atoms with Crippen LogP contribution in [0.3, 0.4) is 0 Å². The van der Waals surface area contributed by atoms with Gasteiger partial charge < -0.3 is 9.53 Å². The van der Waals surface area contributed by atoms with Crippen molar-refractivity contribution in [3.05, 3.63) is 72.9 Å². The van der Waals surface area contributed by atoms with Gasteiger partial charge in [-0.25, -0.2) is 4.79 Å². The molecular weight excluding hydrogens is 404 g/mol. The lowest BCUT2D eigenvalue weighted by Crippen LogP contribution is -2.21. The molecule has 0 aromatic heterocycles. The molecule has 0 spiro atoms. The Morgan fingerprint density at radius 2 is 1.00 bits per heavy atom. The molecule has 0 radical (unpaired) electrons. The van der Waals surface area contributed by atoms with Gasteiger partial charge in [0.25, 0.3) is 0 Å². The highest BCUT2D eigenvalue weighted by molar-refractivity contribution is 6.35. The minimum absolute atomic E-state index is 0.0325. The molecular formula is C27H36O5. The van der Waals surface area contributed by atoms with Gasteiger partial charge in [0, 0.05) is 12.8 Å². The van der Waals surface area contributed by atoms with Gasteiger partial charge in [0.15, 0.2) is 0 Å². The van der Waals surface area contributed by atoms with Crippen molar-refractivity contribution in [2.75, 3.05) is 0 Å². The Morgan fingerprint density at radius 1 is 0.594 bits per heavy atom. The topological polar surface area (TPSA) is 77.5 Å². The van der Waals surface area contributed by atoms with E-state index in [2.05, 4.69) is 60.3 Å². The van der Waals surface area contributed by atoms with Crippen molar-refractivity contribution in [3.8, 4) is 0 Å². The molecule has 0 aliphatic carbocycles. The highest BCUT2D eigenvalue weighted by Crippen LogP contribution is 1.99. The predicted octanol–water partition coefficient (Wildman–Crippen LogP) is 6.08. The van der Waals surface area contributed by atoms with Gasteiger partial charge >= 0.3 is 11.9 Å². The maximum absolute atomic E-state index is 11.5. The fraction of sp³-hybridized carbons (Fsp3) is 0.407. The van der Waals surface area contributed by atoms with Crippen molar-refractivity contribution >= 4 is 23.5 Å². The molecule has 174 valence electrons. The summed E-state index contributed by atoms with van der Waals surface area (Å²) in [7, 11) is 0. The van der Waals surface area contributed by atoms with Crippen LogP contribution in [0.25, 0.3) is 0 Å². The maximum Gasteiger partial charge on any atom is 0.382 e. The average molecular weight is 441 g/mol. The number of rotatable bonds is 17. The van der Waals surface area contributed by atoms with Crippen LogP contribution in [0, 0.1) is 0 Å². The van der Waals surface area contributed by atoms with Crippen molar-refractivity contribution in [3.63, 3.8) is 0 Å². The molecule has 0 fully saturated rings. The van der Waals surface area contributed by atoms with E-state index in [0.717, 1.165) is 32.1 Å². The number of esters is 2. The van der Waals surface area contributed by atoms with Crippen molar-refractivity contribution in [1.29, 1.82) is 0 Å². The van der Waals surface area contributed by atoms with E-state index in [0.29, 0.717) is 6.42 Å². The van der Waals surface area contributed by atoms with Crippen LogP contribution < -0.4 is 0 Å². The van der Waals surface area contributed by atoms with Crippen molar-refractivity contribution in [1.82, 2.24) is 0 Å². The highest BCUT2D eigenvalue weighted by Gasteiger charge is 2.18. The number of carbonyl (C=O) groups excluding carboxylic acids is 4. The molecule has 5 nitrogen and oxygen atoms in total. The molecule has 5 heteroatoms. The molecule has 0 atom stereocenters. The molecule has 0 unspecified atom stereocenters. The van der Waals surface area contributed by atoms with Gasteiger partial charge in [0.2, 0.25) is 5.78 Å². The number of hydrogen-bond acceptors (Lipinski definition) is 5. The van der Waals surface area contributed by atoms with Crippen LogP contribution in [0.4, 0.5) is 0 Å². The normalized spacial score (nSPS) is 12.3. The number of allylic oxidation sites excluding steroid dienone is 11. The number of Topliss-reactive ketones (excluding diaryl/α,β-unsaturated/α-hetero) is 2. The van der Waals surface area contributed by atoms with Crippen LogP contribution in [0.15, 0.2) is 72.9 Å². The van der Waals surface area contributed by atoms with E-state index in [1.165, 1.54) is 6.92 Å². The van der Waals surface area contributed by atoms with Crippen LogP contribution in [0.5, 0.6) is 0 Å². The molecule has 0 aliphatic rings. The lowest BCUT2D eigenvalue weighted by molar-refractivity contribution is -0.163. The largest absolute Gasteiger partial charge is 0.387 e. The predicted molar refractivity (Wildman–Crippen MR) is 129 cm³/mol. The zero-order valence-electron chi connectivity index (χ0n) is 19.3. The molecule has 0 amide bonds. The van der Waals surface area contributed by atoms with Gasteiger partial charge in [-0.15, -0.1) is 0 Å². The molecule has 0 saturated carbocycles. The van der Waals surface area contributed by atoms with Crippen LogP contribution in [0.2, 0.25) is 0 Å². The number of ketones is 2. The minimum atomic E-state index is -1.21. The molecule has 0 aromatic rings. The van der Waals surface area contributed by atoms with E-state index < -0.39 is 17.7 Å². The smallest absolute Gasteiger partial charge is 0.382 e. The lowest BCUT2D eigenvalue weighted by atomic mass is 10.2. The van der Waals surface area contributed by atoms with Crippen molar-refractivity contribution in [2.24, 2.45) is 0 Å². The summed E-state index contributed by atoms with van der Waals surface area (Å²) >= 11 is 0. The van der Waals surface area contributed by atoms with Crippen LogP contribution in [-0.2, 0) is 23.9 Å². The Labute approximate surface area is 192 Å². The fourth-order valence-corrected chi connectivity index (χ4v) is 2.29. The lowest BCUT2D eigenvalue weighted by Gasteiger charge is -1.99. The van der Waals surface area contributed by atoms with Gasteiger partial charge in [-0.3, -0.25) is 9.59 Å².